The first kappa shape index (κ1) is 11.1. The van der Waals surface area contributed by atoms with Gasteiger partial charge in [0.25, 0.3) is 0 Å². The molecule has 0 fully saturated rings. The van der Waals surface area contributed by atoms with Crippen LogP contribution in [0.5, 0.6) is 5.75 Å². The van der Waals surface area contributed by atoms with Crippen molar-refractivity contribution in [2.24, 2.45) is 0 Å². The molecular formula is C11H11NO3. The molecule has 4 heteroatoms. The molecule has 0 radical (unpaired) electrons. The second kappa shape index (κ2) is 5.01. The largest absolute Gasteiger partial charge is 0.479 e. The van der Waals surface area contributed by atoms with Crippen LogP contribution in [-0.2, 0) is 9.53 Å². The Labute approximate surface area is 88.0 Å². The van der Waals surface area contributed by atoms with Gasteiger partial charge in [-0.25, -0.2) is 4.79 Å². The lowest BCUT2D eigenvalue weighted by Crippen LogP contribution is -2.24. The summed E-state index contributed by atoms with van der Waals surface area (Å²) in [5, 5.41) is 8.57. The van der Waals surface area contributed by atoms with Gasteiger partial charge in [0.05, 0.1) is 18.7 Å². The summed E-state index contributed by atoms with van der Waals surface area (Å²) in [5.74, 6) is 0.103. The Morgan fingerprint density at radius 1 is 1.40 bits per heavy atom. The Morgan fingerprint density at radius 3 is 2.47 bits per heavy atom. The Morgan fingerprint density at radius 2 is 2.00 bits per heavy atom. The second-order valence-corrected chi connectivity index (χ2v) is 2.92. The molecule has 0 unspecified atom stereocenters. The molecule has 1 aromatic rings. The van der Waals surface area contributed by atoms with Gasteiger partial charge in [-0.15, -0.1) is 0 Å². The fourth-order valence-electron chi connectivity index (χ4n) is 1.03. The molecule has 78 valence electrons. The van der Waals surface area contributed by atoms with Gasteiger partial charge in [0, 0.05) is 0 Å². The van der Waals surface area contributed by atoms with E-state index < -0.39 is 12.1 Å². The van der Waals surface area contributed by atoms with Crippen molar-refractivity contribution in [3.05, 3.63) is 29.8 Å². The number of carbonyl (C=O) groups excluding carboxylic acids is 1. The van der Waals surface area contributed by atoms with Gasteiger partial charge in [0.15, 0.2) is 6.10 Å². The van der Waals surface area contributed by atoms with Gasteiger partial charge < -0.3 is 9.47 Å². The number of nitriles is 1. The van der Waals surface area contributed by atoms with Gasteiger partial charge in [0.1, 0.15) is 5.75 Å². The summed E-state index contributed by atoms with van der Waals surface area (Å²) in [4.78, 5) is 11.0. The van der Waals surface area contributed by atoms with Crippen molar-refractivity contribution in [3.63, 3.8) is 0 Å². The first-order valence-corrected chi connectivity index (χ1v) is 4.42. The predicted molar refractivity (Wildman–Crippen MR) is 53.3 cm³/mol. The van der Waals surface area contributed by atoms with Crippen molar-refractivity contribution >= 4 is 5.97 Å². The molecule has 4 nitrogen and oxygen atoms in total. The number of methoxy groups -OCH3 is 1. The van der Waals surface area contributed by atoms with Crippen molar-refractivity contribution in [3.8, 4) is 11.8 Å². The fraction of sp³-hybridized carbons (Fsp3) is 0.273. The van der Waals surface area contributed by atoms with E-state index in [4.69, 9.17) is 10.00 Å². The molecule has 0 spiro atoms. The number of hydrogen-bond acceptors (Lipinski definition) is 4. The second-order valence-electron chi connectivity index (χ2n) is 2.92. The van der Waals surface area contributed by atoms with Crippen molar-refractivity contribution < 1.29 is 14.3 Å². The van der Waals surface area contributed by atoms with Gasteiger partial charge in [-0.3, -0.25) is 0 Å². The molecule has 0 aromatic heterocycles. The van der Waals surface area contributed by atoms with Crippen molar-refractivity contribution in [1.29, 1.82) is 5.26 Å². The van der Waals surface area contributed by atoms with Crippen LogP contribution in [0.15, 0.2) is 24.3 Å². The molecule has 0 N–H and O–H groups in total. The van der Waals surface area contributed by atoms with Crippen LogP contribution < -0.4 is 4.74 Å². The van der Waals surface area contributed by atoms with Gasteiger partial charge in [0.2, 0.25) is 0 Å². The highest BCUT2D eigenvalue weighted by atomic mass is 16.6. The molecule has 1 aromatic carbocycles. The monoisotopic (exact) mass is 205 g/mol. The first-order valence-electron chi connectivity index (χ1n) is 4.42. The maximum absolute atomic E-state index is 11.0. The third-order valence-electron chi connectivity index (χ3n) is 1.83. The Bertz CT molecular complexity index is 378. The molecular weight excluding hydrogens is 194 g/mol. The minimum atomic E-state index is -0.650. The number of hydrogen-bond donors (Lipinski definition) is 0. The molecule has 0 aliphatic heterocycles. The van der Waals surface area contributed by atoms with Gasteiger partial charge in [-0.1, -0.05) is 0 Å². The lowest BCUT2D eigenvalue weighted by atomic mass is 10.2. The van der Waals surface area contributed by atoms with Crippen LogP contribution in [0.2, 0.25) is 0 Å². The number of ether oxygens (including phenoxy) is 2. The van der Waals surface area contributed by atoms with Gasteiger partial charge >= 0.3 is 5.97 Å². The summed E-state index contributed by atoms with van der Waals surface area (Å²) in [5.41, 5.74) is 0.549. The third-order valence-corrected chi connectivity index (χ3v) is 1.83. The van der Waals surface area contributed by atoms with Crippen LogP contribution in [0.1, 0.15) is 12.5 Å². The van der Waals surface area contributed by atoms with E-state index in [2.05, 4.69) is 4.74 Å². The summed E-state index contributed by atoms with van der Waals surface area (Å²) < 4.78 is 9.80. The maximum atomic E-state index is 11.0. The van der Waals surface area contributed by atoms with Crippen molar-refractivity contribution in [2.45, 2.75) is 13.0 Å². The van der Waals surface area contributed by atoms with Crippen LogP contribution in [0.25, 0.3) is 0 Å². The van der Waals surface area contributed by atoms with Crippen LogP contribution in [0.4, 0.5) is 0 Å². The summed E-state index contributed by atoms with van der Waals surface area (Å²) in [6.07, 6.45) is -0.650. The van der Waals surface area contributed by atoms with Crippen LogP contribution >= 0.6 is 0 Å². The summed E-state index contributed by atoms with van der Waals surface area (Å²) >= 11 is 0. The summed E-state index contributed by atoms with van der Waals surface area (Å²) in [6.45, 7) is 1.60. The predicted octanol–water partition coefficient (Wildman–Crippen LogP) is 1.50. The Hall–Kier alpha value is -2.02. The van der Waals surface area contributed by atoms with Crippen molar-refractivity contribution in [1.82, 2.24) is 0 Å². The molecule has 0 saturated heterocycles. The van der Waals surface area contributed by atoms with Gasteiger partial charge in [-0.2, -0.15) is 5.26 Å². The summed E-state index contributed by atoms with van der Waals surface area (Å²) in [7, 11) is 1.31. The lowest BCUT2D eigenvalue weighted by molar-refractivity contribution is -0.147. The van der Waals surface area contributed by atoms with Crippen LogP contribution in [0, 0.1) is 11.3 Å². The minimum absolute atomic E-state index is 0.431. The summed E-state index contributed by atoms with van der Waals surface area (Å²) in [6, 6.07) is 8.52. The zero-order valence-corrected chi connectivity index (χ0v) is 8.56. The van der Waals surface area contributed by atoms with E-state index >= 15 is 0 Å². The maximum Gasteiger partial charge on any atom is 0.346 e. The highest BCUT2D eigenvalue weighted by molar-refractivity contribution is 5.74. The number of nitrogens with zero attached hydrogens (tertiary/aromatic N) is 1. The highest BCUT2D eigenvalue weighted by Gasteiger charge is 2.14. The van der Waals surface area contributed by atoms with E-state index in [1.165, 1.54) is 7.11 Å². The molecule has 0 bridgehead atoms. The SMILES string of the molecule is COC(=O)[C@H](C)Oc1ccc(C#N)cc1. The molecule has 0 aliphatic carbocycles. The van der Waals surface area contributed by atoms with E-state index in [-0.39, 0.29) is 0 Å². The third kappa shape index (κ3) is 2.99. The molecule has 0 heterocycles. The lowest BCUT2D eigenvalue weighted by Gasteiger charge is -2.11. The normalized spacial score (nSPS) is 11.3. The zero-order valence-electron chi connectivity index (χ0n) is 8.56. The Balaban J connectivity index is 2.66. The smallest absolute Gasteiger partial charge is 0.346 e. The minimum Gasteiger partial charge on any atom is -0.479 e. The molecule has 15 heavy (non-hydrogen) atoms. The van der Waals surface area contributed by atoms with E-state index in [1.54, 1.807) is 31.2 Å². The molecule has 0 amide bonds. The molecule has 1 atom stereocenters. The molecule has 1 rings (SSSR count). The van der Waals surface area contributed by atoms with Crippen LogP contribution in [-0.4, -0.2) is 19.2 Å². The molecule has 0 aliphatic rings. The number of benzene rings is 1. The number of esters is 1. The Kier molecular flexibility index (Phi) is 3.69. The first-order chi connectivity index (χ1) is 7.17. The highest BCUT2D eigenvalue weighted by Crippen LogP contribution is 2.13. The van der Waals surface area contributed by atoms with E-state index in [9.17, 15) is 4.79 Å². The number of carbonyl (C=O) groups is 1. The van der Waals surface area contributed by atoms with E-state index in [1.807, 2.05) is 6.07 Å². The van der Waals surface area contributed by atoms with E-state index in [0.29, 0.717) is 11.3 Å². The number of rotatable bonds is 3. The average molecular weight is 205 g/mol. The van der Waals surface area contributed by atoms with Gasteiger partial charge in [-0.05, 0) is 31.2 Å². The van der Waals surface area contributed by atoms with E-state index in [0.717, 1.165) is 0 Å². The quantitative estimate of drug-likeness (QED) is 0.701. The fourth-order valence-corrected chi connectivity index (χ4v) is 1.03. The van der Waals surface area contributed by atoms with Crippen LogP contribution in [0.3, 0.4) is 0 Å². The molecule has 0 saturated carbocycles. The average Bonchev–Trinajstić information content (AvgIpc) is 2.29. The topological polar surface area (TPSA) is 59.3 Å². The van der Waals surface area contributed by atoms with Crippen molar-refractivity contribution in [2.75, 3.05) is 7.11 Å². The zero-order chi connectivity index (χ0) is 11.3. The standard InChI is InChI=1S/C11H11NO3/c1-8(11(13)14-2)15-10-5-3-9(7-12)4-6-10/h3-6,8H,1-2H3/t8-/m0/s1.